The lowest BCUT2D eigenvalue weighted by Gasteiger charge is -2.40. The Hall–Kier alpha value is -6.81. The van der Waals surface area contributed by atoms with Gasteiger partial charge < -0.3 is 0 Å². The van der Waals surface area contributed by atoms with E-state index in [9.17, 15) is 0 Å². The average molecular weight is 731 g/mol. The van der Waals surface area contributed by atoms with Crippen molar-refractivity contribution in [3.05, 3.63) is 229 Å². The minimum Gasteiger partial charge on any atom is -0.228 e. The van der Waals surface area contributed by atoms with Crippen LogP contribution in [-0.4, -0.2) is 9.97 Å². The lowest BCUT2D eigenvalue weighted by Crippen LogP contribution is -2.32. The van der Waals surface area contributed by atoms with Crippen LogP contribution >= 0.6 is 11.8 Å². The summed E-state index contributed by atoms with van der Waals surface area (Å²) < 4.78 is 0. The molecule has 1 aromatic heterocycles. The second-order valence-electron chi connectivity index (χ2n) is 14.5. The Morgan fingerprint density at radius 3 is 1.55 bits per heavy atom. The first-order chi connectivity index (χ1) is 27.8. The molecule has 2 aliphatic rings. The molecule has 56 heavy (non-hydrogen) atoms. The number of hydrogen-bond acceptors (Lipinski definition) is 3. The molecule has 11 rings (SSSR count). The first kappa shape index (κ1) is 32.6. The van der Waals surface area contributed by atoms with Crippen molar-refractivity contribution < 1.29 is 0 Å². The molecule has 2 nitrogen and oxygen atoms in total. The van der Waals surface area contributed by atoms with Crippen molar-refractivity contribution in [1.82, 2.24) is 9.97 Å². The zero-order valence-corrected chi connectivity index (χ0v) is 31.2. The highest BCUT2D eigenvalue weighted by Gasteiger charge is 2.50. The van der Waals surface area contributed by atoms with Gasteiger partial charge in [0, 0.05) is 26.5 Å². The third-order valence-corrected chi connectivity index (χ3v) is 12.5. The largest absolute Gasteiger partial charge is 0.228 e. The smallest absolute Gasteiger partial charge is 0.160 e. The fourth-order valence-electron chi connectivity index (χ4n) is 8.92. The third kappa shape index (κ3) is 5.12. The van der Waals surface area contributed by atoms with Gasteiger partial charge in [-0.1, -0.05) is 188 Å². The van der Waals surface area contributed by atoms with Gasteiger partial charge >= 0.3 is 0 Å². The summed E-state index contributed by atoms with van der Waals surface area (Å²) >= 11 is 1.88. The summed E-state index contributed by atoms with van der Waals surface area (Å²) in [7, 11) is 0. The van der Waals surface area contributed by atoms with Crippen LogP contribution in [0.3, 0.4) is 0 Å². The van der Waals surface area contributed by atoms with Gasteiger partial charge in [0.05, 0.1) is 16.8 Å². The highest BCUT2D eigenvalue weighted by molar-refractivity contribution is 7.99. The van der Waals surface area contributed by atoms with Gasteiger partial charge in [0.1, 0.15) is 0 Å². The second-order valence-corrected chi connectivity index (χ2v) is 15.6. The molecule has 0 saturated heterocycles. The van der Waals surface area contributed by atoms with Crippen molar-refractivity contribution in [2.75, 3.05) is 0 Å². The van der Waals surface area contributed by atoms with Crippen molar-refractivity contribution in [1.29, 1.82) is 0 Å². The molecule has 1 aliphatic heterocycles. The maximum absolute atomic E-state index is 5.31. The predicted octanol–water partition coefficient (Wildman–Crippen LogP) is 13.6. The summed E-state index contributed by atoms with van der Waals surface area (Å²) in [4.78, 5) is 13.1. The molecule has 0 unspecified atom stereocenters. The molecule has 0 saturated carbocycles. The maximum atomic E-state index is 5.31. The summed E-state index contributed by atoms with van der Waals surface area (Å²) in [6, 6.07) is 74.4. The summed E-state index contributed by atoms with van der Waals surface area (Å²) in [5, 5.41) is 0. The van der Waals surface area contributed by atoms with E-state index in [2.05, 4.69) is 200 Å². The topological polar surface area (TPSA) is 25.8 Å². The van der Waals surface area contributed by atoms with Gasteiger partial charge in [0.2, 0.25) is 0 Å². The molecule has 0 amide bonds. The summed E-state index contributed by atoms with van der Waals surface area (Å²) in [5.41, 5.74) is 17.0. The highest BCUT2D eigenvalue weighted by Crippen LogP contribution is 2.62. The Balaban J connectivity index is 1.08. The first-order valence-electron chi connectivity index (χ1n) is 19.1. The molecular formula is C53H34N2S. The lowest BCUT2D eigenvalue weighted by atomic mass is 9.67. The highest BCUT2D eigenvalue weighted by atomic mass is 32.2. The van der Waals surface area contributed by atoms with E-state index in [1.807, 2.05) is 17.8 Å². The van der Waals surface area contributed by atoms with Crippen molar-refractivity contribution >= 4 is 11.8 Å². The standard InChI is InChI=1S/C53H34N2S/c1-3-16-35(17-4-1)40-22-7-8-25-43(40)49-34-48(36-18-5-2-6-19-36)54-52(55-49)39-21-15-20-37(32-39)38-30-31-51-47(33-38)53(46-28-13-14-29-50(46)56-51)44-26-11-9-23-41(44)42-24-10-12-27-45(42)53/h1-34H. The number of aromatic nitrogens is 2. The molecule has 0 fully saturated rings. The fourth-order valence-corrected chi connectivity index (χ4v) is 10.1. The van der Waals surface area contributed by atoms with Crippen LogP contribution < -0.4 is 0 Å². The van der Waals surface area contributed by atoms with E-state index in [0.717, 1.165) is 44.8 Å². The van der Waals surface area contributed by atoms with Crippen LogP contribution in [-0.2, 0) is 5.41 Å². The Kier molecular flexibility index (Phi) is 7.68. The van der Waals surface area contributed by atoms with Gasteiger partial charge in [-0.2, -0.15) is 0 Å². The van der Waals surface area contributed by atoms with Crippen LogP contribution in [0, 0.1) is 0 Å². The van der Waals surface area contributed by atoms with Gasteiger partial charge in [-0.15, -0.1) is 0 Å². The Bertz CT molecular complexity index is 2910. The van der Waals surface area contributed by atoms with Crippen LogP contribution in [0.1, 0.15) is 22.3 Å². The lowest BCUT2D eigenvalue weighted by molar-refractivity contribution is 0.723. The quantitative estimate of drug-likeness (QED) is 0.176. The molecule has 262 valence electrons. The van der Waals surface area contributed by atoms with Crippen LogP contribution in [0.2, 0.25) is 0 Å². The van der Waals surface area contributed by atoms with Gasteiger partial charge in [-0.25, -0.2) is 9.97 Å². The molecule has 0 radical (unpaired) electrons. The van der Waals surface area contributed by atoms with Gasteiger partial charge in [0.25, 0.3) is 0 Å². The Morgan fingerprint density at radius 1 is 0.304 bits per heavy atom. The molecule has 9 aromatic rings. The van der Waals surface area contributed by atoms with E-state index >= 15 is 0 Å². The first-order valence-corrected chi connectivity index (χ1v) is 19.9. The number of nitrogens with zero attached hydrogens (tertiary/aromatic N) is 2. The number of benzene rings is 8. The maximum Gasteiger partial charge on any atom is 0.160 e. The summed E-state index contributed by atoms with van der Waals surface area (Å²) in [5.74, 6) is 0.698. The molecule has 1 aliphatic carbocycles. The van der Waals surface area contributed by atoms with E-state index in [4.69, 9.17) is 9.97 Å². The van der Waals surface area contributed by atoms with Crippen LogP contribution in [0.5, 0.6) is 0 Å². The fraction of sp³-hybridized carbons (Fsp3) is 0.0189. The summed E-state index contributed by atoms with van der Waals surface area (Å²) in [6.07, 6.45) is 0. The van der Waals surface area contributed by atoms with Crippen molar-refractivity contribution in [2.45, 2.75) is 15.2 Å². The molecular weight excluding hydrogens is 697 g/mol. The number of fused-ring (bicyclic) bond motifs is 9. The van der Waals surface area contributed by atoms with Gasteiger partial charge in [0.15, 0.2) is 5.82 Å². The van der Waals surface area contributed by atoms with Gasteiger partial charge in [-0.3, -0.25) is 0 Å². The SMILES string of the molecule is c1ccc(-c2cc(-c3ccccc3-c3ccccc3)nc(-c3cccc(-c4ccc5c(c4)C4(c6ccccc6S5)c5ccccc5-c5ccccc54)c3)n2)cc1. The molecule has 3 heteroatoms. The Morgan fingerprint density at radius 2 is 0.821 bits per heavy atom. The third-order valence-electron chi connectivity index (χ3n) is 11.4. The van der Waals surface area contributed by atoms with E-state index in [1.165, 1.54) is 48.7 Å². The molecule has 1 spiro atoms. The predicted molar refractivity (Wildman–Crippen MR) is 231 cm³/mol. The molecule has 0 bridgehead atoms. The average Bonchev–Trinajstić information content (AvgIpc) is 3.57. The molecule has 0 atom stereocenters. The molecule has 8 aromatic carbocycles. The van der Waals surface area contributed by atoms with Crippen LogP contribution in [0.4, 0.5) is 0 Å². The van der Waals surface area contributed by atoms with Crippen LogP contribution in [0.15, 0.2) is 216 Å². The van der Waals surface area contributed by atoms with E-state index in [0.29, 0.717) is 5.82 Å². The van der Waals surface area contributed by atoms with E-state index in [1.54, 1.807) is 0 Å². The molecule has 0 N–H and O–H groups in total. The Labute approximate surface area is 331 Å². The van der Waals surface area contributed by atoms with Crippen molar-refractivity contribution in [3.63, 3.8) is 0 Å². The number of rotatable bonds is 5. The minimum atomic E-state index is -0.424. The zero-order valence-electron chi connectivity index (χ0n) is 30.4. The van der Waals surface area contributed by atoms with Crippen molar-refractivity contribution in [2.24, 2.45) is 0 Å². The monoisotopic (exact) mass is 730 g/mol. The van der Waals surface area contributed by atoms with Crippen LogP contribution in [0.25, 0.3) is 67.3 Å². The zero-order chi connectivity index (χ0) is 37.1. The summed E-state index contributed by atoms with van der Waals surface area (Å²) in [6.45, 7) is 0. The van der Waals surface area contributed by atoms with E-state index < -0.39 is 5.41 Å². The minimum absolute atomic E-state index is 0.424. The van der Waals surface area contributed by atoms with Crippen molar-refractivity contribution in [3.8, 4) is 67.3 Å². The second kappa shape index (κ2) is 13.2. The molecule has 2 heterocycles. The van der Waals surface area contributed by atoms with E-state index in [-0.39, 0.29) is 0 Å². The normalized spacial score (nSPS) is 13.1. The van der Waals surface area contributed by atoms with Gasteiger partial charge in [-0.05, 0) is 86.0 Å². The number of hydrogen-bond donors (Lipinski definition) is 0.